The van der Waals surface area contributed by atoms with E-state index in [4.69, 9.17) is 25.8 Å². The Labute approximate surface area is 229 Å². The Kier molecular flexibility index (Phi) is 8.14. The van der Waals surface area contributed by atoms with Crippen molar-refractivity contribution in [1.82, 2.24) is 0 Å². The predicted molar refractivity (Wildman–Crippen MR) is 150 cm³/mol. The van der Waals surface area contributed by atoms with Gasteiger partial charge >= 0.3 is 5.97 Å². The molecule has 6 nitrogen and oxygen atoms in total. The van der Waals surface area contributed by atoms with Gasteiger partial charge in [0.25, 0.3) is 5.91 Å². The van der Waals surface area contributed by atoms with Crippen LogP contribution in [0, 0.1) is 13.8 Å². The Bertz CT molecular complexity index is 1360. The van der Waals surface area contributed by atoms with E-state index < -0.39 is 17.7 Å². The normalized spacial score (nSPS) is 13.8. The molecule has 1 atom stereocenters. The lowest BCUT2D eigenvalue weighted by Gasteiger charge is -2.30. The number of hydrogen-bond acceptors (Lipinski definition) is 5. The minimum atomic E-state index is -1.01. The third kappa shape index (κ3) is 6.03. The van der Waals surface area contributed by atoms with Gasteiger partial charge in [0.2, 0.25) is 0 Å². The molecule has 1 unspecified atom stereocenters. The van der Waals surface area contributed by atoms with Gasteiger partial charge < -0.3 is 19.5 Å². The number of hydrogen-bond donors (Lipinski definition) is 1. The molecule has 0 radical (unpaired) electrons. The number of aryl methyl sites for hydroxylation is 2. The van der Waals surface area contributed by atoms with Gasteiger partial charge in [0.1, 0.15) is 5.75 Å². The van der Waals surface area contributed by atoms with E-state index in [9.17, 15) is 9.59 Å². The quantitative estimate of drug-likeness (QED) is 0.337. The number of ether oxygens (including phenoxy) is 3. The Morgan fingerprint density at radius 1 is 1.05 bits per heavy atom. The summed E-state index contributed by atoms with van der Waals surface area (Å²) in [7, 11) is 1.35. The fourth-order valence-electron chi connectivity index (χ4n) is 4.78. The van der Waals surface area contributed by atoms with Gasteiger partial charge in [-0.2, -0.15) is 0 Å². The van der Waals surface area contributed by atoms with Crippen molar-refractivity contribution in [2.24, 2.45) is 0 Å². The Hall–Kier alpha value is -3.35. The van der Waals surface area contributed by atoms with Gasteiger partial charge in [-0.25, -0.2) is 4.79 Å². The topological polar surface area (TPSA) is 73.9 Å². The molecule has 1 amide bonds. The molecular weight excluding hydrogens is 502 g/mol. The molecule has 0 aromatic heterocycles. The molecule has 200 valence electrons. The van der Waals surface area contributed by atoms with Crippen LogP contribution in [0.3, 0.4) is 0 Å². The zero-order chi connectivity index (χ0) is 27.6. The molecule has 1 aliphatic rings. The van der Waals surface area contributed by atoms with Crippen molar-refractivity contribution in [3.8, 4) is 16.9 Å². The van der Waals surface area contributed by atoms with Crippen molar-refractivity contribution in [2.45, 2.75) is 59.2 Å². The van der Waals surface area contributed by atoms with Crippen molar-refractivity contribution in [1.29, 1.82) is 0 Å². The van der Waals surface area contributed by atoms with Crippen LogP contribution in [-0.2, 0) is 20.7 Å². The molecule has 0 saturated heterocycles. The summed E-state index contributed by atoms with van der Waals surface area (Å²) in [5.41, 5.74) is 5.66. The fourth-order valence-corrected chi connectivity index (χ4v) is 4.91. The molecule has 38 heavy (non-hydrogen) atoms. The van der Waals surface area contributed by atoms with Gasteiger partial charge in [-0.15, -0.1) is 0 Å². The molecule has 0 spiro atoms. The van der Waals surface area contributed by atoms with Crippen molar-refractivity contribution >= 4 is 29.2 Å². The van der Waals surface area contributed by atoms with E-state index in [-0.39, 0.29) is 5.91 Å². The van der Waals surface area contributed by atoms with Crippen molar-refractivity contribution < 1.29 is 23.8 Å². The predicted octanol–water partition coefficient (Wildman–Crippen LogP) is 7.23. The number of halogens is 1. The van der Waals surface area contributed by atoms with Gasteiger partial charge in [-0.3, -0.25) is 4.79 Å². The van der Waals surface area contributed by atoms with Crippen molar-refractivity contribution in [2.75, 3.05) is 19.0 Å². The number of esters is 1. The van der Waals surface area contributed by atoms with E-state index in [0.29, 0.717) is 28.4 Å². The zero-order valence-corrected chi connectivity index (χ0v) is 23.5. The Morgan fingerprint density at radius 3 is 2.42 bits per heavy atom. The molecule has 0 saturated carbocycles. The smallest absolute Gasteiger partial charge is 0.339 e. The number of nitrogens with one attached hydrogen (secondary N) is 1. The average molecular weight is 536 g/mol. The highest BCUT2D eigenvalue weighted by Crippen LogP contribution is 2.42. The molecule has 3 aromatic carbocycles. The summed E-state index contributed by atoms with van der Waals surface area (Å²) in [4.78, 5) is 26.3. The lowest BCUT2D eigenvalue weighted by molar-refractivity contribution is -0.164. The van der Waals surface area contributed by atoms with E-state index >= 15 is 0 Å². The summed E-state index contributed by atoms with van der Waals surface area (Å²) in [5.74, 6) is 0.101. The fraction of sp³-hybridized carbons (Fsp3) is 0.355. The minimum absolute atomic E-state index is 0.278. The summed E-state index contributed by atoms with van der Waals surface area (Å²) in [6.45, 7) is 10.3. The van der Waals surface area contributed by atoms with Crippen LogP contribution in [0.2, 0.25) is 5.02 Å². The van der Waals surface area contributed by atoms with Crippen LogP contribution in [0.5, 0.6) is 5.75 Å². The highest BCUT2D eigenvalue weighted by molar-refractivity contribution is 6.30. The summed E-state index contributed by atoms with van der Waals surface area (Å²) in [6, 6.07) is 14.7. The summed E-state index contributed by atoms with van der Waals surface area (Å²) < 4.78 is 17.4. The van der Waals surface area contributed by atoms with E-state index in [1.54, 1.807) is 24.3 Å². The average Bonchev–Trinajstić information content (AvgIpc) is 2.88. The highest BCUT2D eigenvalue weighted by Gasteiger charge is 2.33. The van der Waals surface area contributed by atoms with Crippen LogP contribution in [-0.4, -0.2) is 31.2 Å². The largest absolute Gasteiger partial charge is 0.493 e. The molecule has 1 aliphatic heterocycles. The van der Waals surface area contributed by atoms with Gasteiger partial charge in [0.15, 0.2) is 6.10 Å². The first-order valence-corrected chi connectivity index (χ1v) is 13.1. The molecular formula is C31H34ClNO5. The minimum Gasteiger partial charge on any atom is -0.493 e. The van der Waals surface area contributed by atoms with E-state index in [0.717, 1.165) is 46.4 Å². The van der Waals surface area contributed by atoms with Crippen LogP contribution in [0.4, 0.5) is 5.69 Å². The van der Waals surface area contributed by atoms with E-state index in [1.807, 2.05) is 52.8 Å². The molecule has 1 N–H and O–H groups in total. The highest BCUT2D eigenvalue weighted by atomic mass is 35.5. The standard InChI is InChI=1S/C31H34ClNO5/c1-18-16-24(33-29(34)20-9-12-23(32)13-10-20)19(2)27(28(30(35)36-6)38-31(3,4)5)26(18)22-11-14-25-21(17-22)8-7-15-37-25/h9-14,16-17,28H,7-8,15H2,1-6H3,(H,33,34). The van der Waals surface area contributed by atoms with Gasteiger partial charge in [0.05, 0.1) is 19.3 Å². The second-order valence-corrected chi connectivity index (χ2v) is 11.0. The number of fused-ring (bicyclic) bond motifs is 1. The lowest BCUT2D eigenvalue weighted by Crippen LogP contribution is -2.29. The molecule has 7 heteroatoms. The van der Waals surface area contributed by atoms with E-state index in [1.165, 1.54) is 7.11 Å². The van der Waals surface area contributed by atoms with Crippen molar-refractivity contribution in [3.63, 3.8) is 0 Å². The lowest BCUT2D eigenvalue weighted by atomic mass is 9.86. The molecule has 0 fully saturated rings. The zero-order valence-electron chi connectivity index (χ0n) is 22.7. The Balaban J connectivity index is 1.90. The van der Waals surface area contributed by atoms with Gasteiger partial charge in [-0.05, 0) is 118 Å². The van der Waals surface area contributed by atoms with Crippen LogP contribution < -0.4 is 10.1 Å². The Morgan fingerprint density at radius 2 is 1.76 bits per heavy atom. The molecule has 4 rings (SSSR count). The third-order valence-electron chi connectivity index (χ3n) is 6.53. The first-order chi connectivity index (χ1) is 18.0. The maximum Gasteiger partial charge on any atom is 0.339 e. The SMILES string of the molecule is COC(=O)C(OC(C)(C)C)c1c(C)c(NC(=O)c2ccc(Cl)cc2)cc(C)c1-c1ccc2c(c1)CCCO2. The number of benzene rings is 3. The van der Waals surface area contributed by atoms with Crippen LogP contribution in [0.25, 0.3) is 11.1 Å². The van der Waals surface area contributed by atoms with Gasteiger partial charge in [0, 0.05) is 21.8 Å². The van der Waals surface area contributed by atoms with Crippen LogP contribution >= 0.6 is 11.6 Å². The second kappa shape index (κ2) is 11.2. The number of rotatable bonds is 6. The number of carbonyl (C=O) groups excluding carboxylic acids is 2. The third-order valence-corrected chi connectivity index (χ3v) is 6.79. The number of amides is 1. The molecule has 0 aliphatic carbocycles. The van der Waals surface area contributed by atoms with Crippen molar-refractivity contribution in [3.05, 3.63) is 81.4 Å². The van der Waals surface area contributed by atoms with Gasteiger partial charge in [-0.1, -0.05) is 17.7 Å². The van der Waals surface area contributed by atoms with E-state index in [2.05, 4.69) is 11.4 Å². The molecule has 0 bridgehead atoms. The second-order valence-electron chi connectivity index (χ2n) is 10.5. The van der Waals surface area contributed by atoms with Crippen LogP contribution in [0.1, 0.15) is 65.9 Å². The maximum absolute atomic E-state index is 13.2. The number of anilines is 1. The first-order valence-electron chi connectivity index (χ1n) is 12.7. The molecule has 3 aromatic rings. The number of methoxy groups -OCH3 is 1. The first kappa shape index (κ1) is 27.7. The summed E-state index contributed by atoms with van der Waals surface area (Å²) >= 11 is 6.00. The number of carbonyl (C=O) groups is 2. The monoisotopic (exact) mass is 535 g/mol. The molecule has 1 heterocycles. The summed E-state index contributed by atoms with van der Waals surface area (Å²) in [5, 5.41) is 3.57. The maximum atomic E-state index is 13.2. The van der Waals surface area contributed by atoms with Crippen LogP contribution in [0.15, 0.2) is 48.5 Å². The summed E-state index contributed by atoms with van der Waals surface area (Å²) in [6.07, 6.45) is 0.868.